The van der Waals surface area contributed by atoms with E-state index < -0.39 is 11.8 Å². The summed E-state index contributed by atoms with van der Waals surface area (Å²) in [5.41, 5.74) is 3.45. The van der Waals surface area contributed by atoms with Crippen molar-refractivity contribution in [3.63, 3.8) is 0 Å². The first-order chi connectivity index (χ1) is 16.7. The van der Waals surface area contributed by atoms with Crippen molar-refractivity contribution in [2.45, 2.75) is 20.4 Å². The van der Waals surface area contributed by atoms with Gasteiger partial charge in [0.05, 0.1) is 0 Å². The summed E-state index contributed by atoms with van der Waals surface area (Å²) in [4.78, 5) is 41.0. The van der Waals surface area contributed by atoms with Gasteiger partial charge in [0.2, 0.25) is 0 Å². The minimum atomic E-state index is -0.515. The number of hydrogen-bond donors (Lipinski definition) is 2. The van der Waals surface area contributed by atoms with Crippen LogP contribution in [-0.2, 0) is 16.1 Å². The summed E-state index contributed by atoms with van der Waals surface area (Å²) >= 11 is 5.81. The molecule has 10 heteroatoms. The van der Waals surface area contributed by atoms with Crippen LogP contribution in [0.5, 0.6) is 0 Å². The summed E-state index contributed by atoms with van der Waals surface area (Å²) < 4.78 is 21.6. The van der Waals surface area contributed by atoms with Crippen LogP contribution in [0.2, 0.25) is 5.02 Å². The molecule has 2 aromatic heterocycles. The van der Waals surface area contributed by atoms with Crippen molar-refractivity contribution in [3.8, 4) is 0 Å². The van der Waals surface area contributed by atoms with Crippen LogP contribution in [-0.4, -0.2) is 41.8 Å². The van der Waals surface area contributed by atoms with Crippen LogP contribution in [0.4, 0.5) is 10.1 Å². The number of nitrogens with one attached hydrogen (secondary N) is 2. The van der Waals surface area contributed by atoms with Crippen molar-refractivity contribution in [1.82, 2.24) is 8.55 Å². The summed E-state index contributed by atoms with van der Waals surface area (Å²) in [7, 11) is 0. The Kier molecular flexibility index (Phi) is 6.00. The van der Waals surface area contributed by atoms with Crippen LogP contribution in [0.25, 0.3) is 21.3 Å². The molecule has 0 unspecified atom stereocenters. The van der Waals surface area contributed by atoms with Crippen molar-refractivity contribution < 1.29 is 18.7 Å². The zero-order valence-corrected chi connectivity index (χ0v) is 21.2. The average molecular weight is 559 g/mol. The molecule has 0 bridgehead atoms. The molecule has 7 nitrogen and oxygen atoms in total. The number of H-pyrrole nitrogens is 1. The normalized spacial score (nSPS) is 13.9. The quantitative estimate of drug-likeness (QED) is 0.219. The van der Waals surface area contributed by atoms with E-state index in [9.17, 15) is 18.8 Å². The van der Waals surface area contributed by atoms with Gasteiger partial charge in [0.15, 0.2) is 0 Å². The number of aromatic nitrogens is 2. The minimum absolute atomic E-state index is 0.0515. The molecule has 0 fully saturated rings. The molecule has 2 N–H and O–H groups in total. The summed E-state index contributed by atoms with van der Waals surface area (Å²) in [6.45, 7) is 3.84. The van der Waals surface area contributed by atoms with Crippen LogP contribution in [0.15, 0.2) is 41.2 Å². The van der Waals surface area contributed by atoms with Crippen molar-refractivity contribution >= 4 is 65.2 Å². The summed E-state index contributed by atoms with van der Waals surface area (Å²) in [6.07, 6.45) is 1.64. The van der Waals surface area contributed by atoms with Gasteiger partial charge in [-0.2, -0.15) is 0 Å². The fourth-order valence-electron chi connectivity index (χ4n) is 4.16. The fourth-order valence-corrected chi connectivity index (χ4v) is 6.35. The number of esters is 1. The molecule has 0 saturated carbocycles. The molecule has 1 amide bonds. The van der Waals surface area contributed by atoms with Gasteiger partial charge in [0.1, 0.15) is 5.82 Å². The Hall–Kier alpha value is -3.39. The number of ether oxygens (including phenoxy) is 1. The Labute approximate surface area is 210 Å². The second kappa shape index (κ2) is 9.00. The Morgan fingerprint density at radius 2 is 2.00 bits per heavy atom. The van der Waals surface area contributed by atoms with Crippen molar-refractivity contribution in [1.29, 1.82) is 0 Å². The van der Waals surface area contributed by atoms with Crippen LogP contribution in [0.3, 0.4) is 0 Å². The molecule has 4 aromatic rings. The van der Waals surface area contributed by atoms with E-state index in [4.69, 9.17) is 16.3 Å². The number of halogens is 2. The SMILES string of the molecule is Cc1[nH]c(/C=C2\C(=O)Nc3cc(F)ccc32)c(C)c1C(=O)OCCn1[se]c2ccc(Cl)cc2c1=O. The van der Waals surface area contributed by atoms with Crippen LogP contribution in [0.1, 0.15) is 32.9 Å². The van der Waals surface area contributed by atoms with Gasteiger partial charge in [-0.3, -0.25) is 0 Å². The number of hydrogen-bond acceptors (Lipinski definition) is 4. The zero-order chi connectivity index (χ0) is 24.9. The van der Waals surface area contributed by atoms with E-state index in [1.54, 1.807) is 41.7 Å². The van der Waals surface area contributed by atoms with Crippen molar-refractivity contribution in [2.24, 2.45) is 0 Å². The monoisotopic (exact) mass is 559 g/mol. The molecule has 0 atom stereocenters. The Bertz CT molecular complexity index is 1610. The van der Waals surface area contributed by atoms with Gasteiger partial charge in [-0.15, -0.1) is 0 Å². The number of benzene rings is 2. The third-order valence-corrected chi connectivity index (χ3v) is 8.46. The third-order valence-electron chi connectivity index (χ3n) is 5.87. The second-order valence-corrected chi connectivity index (χ2v) is 10.8. The summed E-state index contributed by atoms with van der Waals surface area (Å²) in [5.74, 6) is -1.30. The Morgan fingerprint density at radius 3 is 2.80 bits per heavy atom. The van der Waals surface area contributed by atoms with Gasteiger partial charge in [-0.25, -0.2) is 4.39 Å². The maximum absolute atomic E-state index is 13.5. The molecule has 1 aliphatic rings. The summed E-state index contributed by atoms with van der Waals surface area (Å²) in [6, 6.07) is 9.38. The molecule has 3 heterocycles. The van der Waals surface area contributed by atoms with Crippen LogP contribution in [0, 0.1) is 19.7 Å². The molecule has 2 aromatic carbocycles. The van der Waals surface area contributed by atoms with E-state index in [1.165, 1.54) is 12.1 Å². The van der Waals surface area contributed by atoms with E-state index in [2.05, 4.69) is 10.3 Å². The van der Waals surface area contributed by atoms with Gasteiger partial charge in [0, 0.05) is 0 Å². The zero-order valence-electron chi connectivity index (χ0n) is 18.7. The number of carbonyl (C=O) groups excluding carboxylic acids is 2. The standard InChI is InChI=1S/C25H19ClFN3O4Se/c1-12-19(11-17-16-5-4-15(27)10-20(16)29-23(17)31)28-13(2)22(12)25(33)34-8-7-30-24(32)18-9-14(26)3-6-21(18)35-30/h3-6,9-11,28H,7-8H2,1-2H3,(H,29,31)/b17-11-. The van der Waals surface area contributed by atoms with Gasteiger partial charge < -0.3 is 0 Å². The first kappa shape index (κ1) is 23.4. The van der Waals surface area contributed by atoms with Crippen LogP contribution < -0.4 is 10.9 Å². The van der Waals surface area contributed by atoms with Crippen molar-refractivity contribution in [3.05, 3.63) is 85.7 Å². The number of rotatable bonds is 5. The molecule has 0 aliphatic carbocycles. The van der Waals surface area contributed by atoms with E-state index in [-0.39, 0.29) is 39.4 Å². The fraction of sp³-hybridized carbons (Fsp3) is 0.160. The molecule has 35 heavy (non-hydrogen) atoms. The molecule has 0 saturated heterocycles. The first-order valence-electron chi connectivity index (χ1n) is 10.7. The molecule has 1 aliphatic heterocycles. The van der Waals surface area contributed by atoms with E-state index in [1.807, 2.05) is 6.07 Å². The Morgan fingerprint density at radius 1 is 1.20 bits per heavy atom. The van der Waals surface area contributed by atoms with Crippen molar-refractivity contribution in [2.75, 3.05) is 11.9 Å². The van der Waals surface area contributed by atoms with E-state index in [0.717, 1.165) is 4.26 Å². The maximum atomic E-state index is 13.5. The predicted molar refractivity (Wildman–Crippen MR) is 134 cm³/mol. The molecule has 0 radical (unpaired) electrons. The molecular formula is C25H19ClFN3O4Se. The number of carbonyl (C=O) groups is 2. The number of aryl methyl sites for hydroxylation is 1. The Balaban J connectivity index is 1.34. The van der Waals surface area contributed by atoms with Crippen LogP contribution >= 0.6 is 11.6 Å². The van der Waals surface area contributed by atoms with Gasteiger partial charge >= 0.3 is 188 Å². The topological polar surface area (TPSA) is 93.2 Å². The van der Waals surface area contributed by atoms with Gasteiger partial charge in [-0.1, -0.05) is 0 Å². The molecule has 178 valence electrons. The summed E-state index contributed by atoms with van der Waals surface area (Å²) in [5, 5.41) is 3.76. The number of fused-ring (bicyclic) bond motifs is 2. The first-order valence-corrected chi connectivity index (χ1v) is 12.7. The number of amides is 1. The van der Waals surface area contributed by atoms with Gasteiger partial charge in [0.25, 0.3) is 0 Å². The molecule has 0 spiro atoms. The average Bonchev–Trinajstić information content (AvgIpc) is 3.39. The third kappa shape index (κ3) is 4.27. The molecule has 5 rings (SSSR count). The predicted octanol–water partition coefficient (Wildman–Crippen LogP) is 4.15. The van der Waals surface area contributed by atoms with Gasteiger partial charge in [-0.05, 0) is 12.1 Å². The number of aromatic amines is 1. The number of anilines is 1. The van der Waals surface area contributed by atoms with E-state index >= 15 is 0 Å². The number of nitrogens with zero attached hydrogens (tertiary/aromatic N) is 1. The molecular weight excluding hydrogens is 540 g/mol. The second-order valence-electron chi connectivity index (χ2n) is 8.14. The van der Waals surface area contributed by atoms with E-state index in [0.29, 0.717) is 49.7 Å².